The van der Waals surface area contributed by atoms with Crippen molar-refractivity contribution in [3.63, 3.8) is 0 Å². The highest BCUT2D eigenvalue weighted by Gasteiger charge is 2.32. The van der Waals surface area contributed by atoms with Crippen LogP contribution in [-0.2, 0) is 16.1 Å². The Hall–Kier alpha value is -0.910. The maximum Gasteiger partial charge on any atom is 0.237 e. The molecular formula is C13H20N2O2S. The SMILES string of the molecule is COCCNCC(=O)N(Cc1ccsc1)C1CC1. The van der Waals surface area contributed by atoms with Crippen LogP contribution >= 0.6 is 11.3 Å². The van der Waals surface area contributed by atoms with Crippen LogP contribution in [0, 0.1) is 0 Å². The van der Waals surface area contributed by atoms with E-state index in [9.17, 15) is 4.79 Å². The van der Waals surface area contributed by atoms with E-state index in [-0.39, 0.29) is 5.91 Å². The second-order valence-electron chi connectivity index (χ2n) is 4.55. The van der Waals surface area contributed by atoms with Gasteiger partial charge in [0, 0.05) is 26.2 Å². The van der Waals surface area contributed by atoms with Gasteiger partial charge in [-0.25, -0.2) is 0 Å². The van der Waals surface area contributed by atoms with E-state index in [1.54, 1.807) is 18.4 Å². The largest absolute Gasteiger partial charge is 0.383 e. The molecule has 1 aliphatic rings. The molecule has 4 nitrogen and oxygen atoms in total. The van der Waals surface area contributed by atoms with E-state index in [1.807, 2.05) is 4.90 Å². The van der Waals surface area contributed by atoms with Gasteiger partial charge in [-0.2, -0.15) is 11.3 Å². The minimum Gasteiger partial charge on any atom is -0.383 e. The zero-order chi connectivity index (χ0) is 12.8. The molecule has 0 saturated heterocycles. The summed E-state index contributed by atoms with van der Waals surface area (Å²) >= 11 is 1.68. The Balaban J connectivity index is 1.79. The quantitative estimate of drug-likeness (QED) is 0.726. The Kier molecular flexibility index (Phi) is 5.16. The van der Waals surface area contributed by atoms with E-state index in [0.29, 0.717) is 19.2 Å². The number of hydrogen-bond donors (Lipinski definition) is 1. The highest BCUT2D eigenvalue weighted by molar-refractivity contribution is 7.07. The van der Waals surface area contributed by atoms with Crippen LogP contribution in [0.3, 0.4) is 0 Å². The normalized spacial score (nSPS) is 14.7. The van der Waals surface area contributed by atoms with Crippen molar-refractivity contribution in [2.75, 3.05) is 26.8 Å². The Morgan fingerprint density at radius 1 is 1.61 bits per heavy atom. The summed E-state index contributed by atoms with van der Waals surface area (Å²) in [5, 5.41) is 7.28. The number of amides is 1. The van der Waals surface area contributed by atoms with E-state index in [1.165, 1.54) is 5.56 Å². The van der Waals surface area contributed by atoms with Crippen LogP contribution in [0.2, 0.25) is 0 Å². The minimum absolute atomic E-state index is 0.194. The van der Waals surface area contributed by atoms with Crippen molar-refractivity contribution in [2.24, 2.45) is 0 Å². The van der Waals surface area contributed by atoms with E-state index < -0.39 is 0 Å². The fourth-order valence-electron chi connectivity index (χ4n) is 1.86. The smallest absolute Gasteiger partial charge is 0.237 e. The van der Waals surface area contributed by atoms with Gasteiger partial charge in [0.05, 0.1) is 13.2 Å². The second-order valence-corrected chi connectivity index (χ2v) is 5.33. The molecule has 5 heteroatoms. The molecule has 0 atom stereocenters. The van der Waals surface area contributed by atoms with Gasteiger partial charge in [0.25, 0.3) is 0 Å². The number of carbonyl (C=O) groups excluding carboxylic acids is 1. The molecule has 0 unspecified atom stereocenters. The average Bonchev–Trinajstić information content (AvgIpc) is 3.08. The van der Waals surface area contributed by atoms with Crippen LogP contribution in [0.4, 0.5) is 0 Å². The van der Waals surface area contributed by atoms with Gasteiger partial charge in [0.15, 0.2) is 0 Å². The molecule has 0 bridgehead atoms. The Labute approximate surface area is 112 Å². The first-order valence-electron chi connectivity index (χ1n) is 6.31. The second kappa shape index (κ2) is 6.87. The fraction of sp³-hybridized carbons (Fsp3) is 0.615. The summed E-state index contributed by atoms with van der Waals surface area (Å²) in [5.74, 6) is 0.194. The molecule has 0 spiro atoms. The van der Waals surface area contributed by atoms with E-state index in [0.717, 1.165) is 25.9 Å². The first kappa shape index (κ1) is 13.5. The Morgan fingerprint density at radius 3 is 3.06 bits per heavy atom. The van der Waals surface area contributed by atoms with Crippen LogP contribution < -0.4 is 5.32 Å². The number of ether oxygens (including phenoxy) is 1. The maximum atomic E-state index is 12.1. The van der Waals surface area contributed by atoms with Crippen molar-refractivity contribution in [3.05, 3.63) is 22.4 Å². The number of rotatable bonds is 8. The van der Waals surface area contributed by atoms with Crippen molar-refractivity contribution in [3.8, 4) is 0 Å². The molecule has 1 saturated carbocycles. The molecule has 2 rings (SSSR count). The topological polar surface area (TPSA) is 41.6 Å². The zero-order valence-electron chi connectivity index (χ0n) is 10.7. The van der Waals surface area contributed by atoms with Gasteiger partial charge in [-0.1, -0.05) is 0 Å². The van der Waals surface area contributed by atoms with Crippen molar-refractivity contribution < 1.29 is 9.53 Å². The summed E-state index contributed by atoms with van der Waals surface area (Å²) in [6.07, 6.45) is 2.29. The van der Waals surface area contributed by atoms with Gasteiger partial charge in [0.1, 0.15) is 0 Å². The number of thiophene rings is 1. The third-order valence-corrected chi connectivity index (χ3v) is 3.73. The summed E-state index contributed by atoms with van der Waals surface area (Å²) in [4.78, 5) is 14.1. The predicted octanol–water partition coefficient (Wildman–Crippen LogP) is 1.48. The molecule has 1 N–H and O–H groups in total. The van der Waals surface area contributed by atoms with Crippen LogP contribution in [0.15, 0.2) is 16.8 Å². The van der Waals surface area contributed by atoms with E-state index >= 15 is 0 Å². The summed E-state index contributed by atoms with van der Waals surface area (Å²) < 4.78 is 4.94. The number of nitrogens with zero attached hydrogens (tertiary/aromatic N) is 1. The van der Waals surface area contributed by atoms with Gasteiger partial charge in [-0.05, 0) is 35.2 Å². The van der Waals surface area contributed by atoms with Crippen molar-refractivity contribution in [2.45, 2.75) is 25.4 Å². The summed E-state index contributed by atoms with van der Waals surface area (Å²) in [5.41, 5.74) is 1.23. The van der Waals surface area contributed by atoms with Crippen LogP contribution in [0.1, 0.15) is 18.4 Å². The average molecular weight is 268 g/mol. The first-order valence-corrected chi connectivity index (χ1v) is 7.25. The van der Waals surface area contributed by atoms with Crippen molar-refractivity contribution in [1.82, 2.24) is 10.2 Å². The molecule has 1 aromatic rings. The molecule has 0 aliphatic heterocycles. The van der Waals surface area contributed by atoms with Crippen LogP contribution in [-0.4, -0.2) is 43.7 Å². The lowest BCUT2D eigenvalue weighted by molar-refractivity contribution is -0.131. The van der Waals surface area contributed by atoms with Crippen molar-refractivity contribution in [1.29, 1.82) is 0 Å². The van der Waals surface area contributed by atoms with E-state index in [2.05, 4.69) is 22.1 Å². The number of carbonyl (C=O) groups is 1. The summed E-state index contributed by atoms with van der Waals surface area (Å²) in [6.45, 7) is 2.52. The zero-order valence-corrected chi connectivity index (χ0v) is 11.5. The summed E-state index contributed by atoms with van der Waals surface area (Å²) in [7, 11) is 1.66. The standard InChI is InChI=1S/C13H20N2O2S/c1-17-6-5-14-8-13(16)15(12-2-3-12)9-11-4-7-18-10-11/h4,7,10,12,14H,2-3,5-6,8-9H2,1H3. The highest BCUT2D eigenvalue weighted by atomic mass is 32.1. The van der Waals surface area contributed by atoms with Gasteiger partial charge in [-0.3, -0.25) is 4.79 Å². The number of hydrogen-bond acceptors (Lipinski definition) is 4. The van der Waals surface area contributed by atoms with Gasteiger partial charge in [-0.15, -0.1) is 0 Å². The lowest BCUT2D eigenvalue weighted by Gasteiger charge is -2.22. The van der Waals surface area contributed by atoms with Crippen LogP contribution in [0.25, 0.3) is 0 Å². The van der Waals surface area contributed by atoms with Gasteiger partial charge < -0.3 is 15.0 Å². The highest BCUT2D eigenvalue weighted by Crippen LogP contribution is 2.28. The molecule has 18 heavy (non-hydrogen) atoms. The maximum absolute atomic E-state index is 12.1. The van der Waals surface area contributed by atoms with Gasteiger partial charge in [0.2, 0.25) is 5.91 Å². The Bertz CT molecular complexity index is 363. The lowest BCUT2D eigenvalue weighted by Crippen LogP contribution is -2.39. The molecular weight excluding hydrogens is 248 g/mol. The first-order chi connectivity index (χ1) is 8.81. The van der Waals surface area contributed by atoms with E-state index in [4.69, 9.17) is 4.74 Å². The molecule has 1 aliphatic carbocycles. The molecule has 1 fully saturated rings. The molecule has 0 radical (unpaired) electrons. The molecule has 0 aromatic carbocycles. The molecule has 1 aromatic heterocycles. The monoisotopic (exact) mass is 268 g/mol. The Morgan fingerprint density at radius 2 is 2.44 bits per heavy atom. The fourth-order valence-corrected chi connectivity index (χ4v) is 2.52. The molecule has 1 amide bonds. The predicted molar refractivity (Wildman–Crippen MR) is 72.6 cm³/mol. The number of nitrogens with one attached hydrogen (secondary N) is 1. The van der Waals surface area contributed by atoms with Crippen LogP contribution in [0.5, 0.6) is 0 Å². The summed E-state index contributed by atoms with van der Waals surface area (Å²) in [6, 6.07) is 2.55. The molecule has 100 valence electrons. The number of methoxy groups -OCH3 is 1. The van der Waals surface area contributed by atoms with Gasteiger partial charge >= 0.3 is 0 Å². The molecule has 1 heterocycles. The lowest BCUT2D eigenvalue weighted by atomic mass is 10.3. The third-order valence-electron chi connectivity index (χ3n) is 3.00. The minimum atomic E-state index is 0.194. The third kappa shape index (κ3) is 4.08. The van der Waals surface area contributed by atoms with Crippen molar-refractivity contribution >= 4 is 17.2 Å².